The van der Waals surface area contributed by atoms with E-state index in [0.717, 1.165) is 44.4 Å². The van der Waals surface area contributed by atoms with Gasteiger partial charge in [0.1, 0.15) is 11.8 Å². The van der Waals surface area contributed by atoms with Crippen molar-refractivity contribution in [1.82, 2.24) is 0 Å². The van der Waals surface area contributed by atoms with Gasteiger partial charge >= 0.3 is 0 Å². The van der Waals surface area contributed by atoms with Gasteiger partial charge < -0.3 is 4.42 Å². The molecule has 2 aromatic carbocycles. The van der Waals surface area contributed by atoms with Crippen molar-refractivity contribution in [3.8, 4) is 6.07 Å². The van der Waals surface area contributed by atoms with E-state index >= 15 is 0 Å². The molecular weight excluding hydrogens is 445 g/mol. The highest BCUT2D eigenvalue weighted by molar-refractivity contribution is 14.1. The summed E-state index contributed by atoms with van der Waals surface area (Å²) in [5.74, 6) is 0.932. The van der Waals surface area contributed by atoms with Crippen molar-refractivity contribution in [1.29, 1.82) is 5.26 Å². The molecule has 5 heteroatoms. The fraction of sp³-hybridized carbons (Fsp3) is 0.250. The molecule has 1 heterocycles. The number of benzene rings is 2. The molecule has 1 atom stereocenters. The van der Waals surface area contributed by atoms with Gasteiger partial charge in [0.25, 0.3) is 0 Å². The highest BCUT2D eigenvalue weighted by Crippen LogP contribution is 2.34. The fourth-order valence-electron chi connectivity index (χ4n) is 2.84. The lowest BCUT2D eigenvalue weighted by Gasteiger charge is -2.05. The van der Waals surface area contributed by atoms with Gasteiger partial charge in [-0.2, -0.15) is 5.26 Å². The van der Waals surface area contributed by atoms with E-state index in [1.54, 1.807) is 6.07 Å². The molecule has 3 aromatic rings. The number of alkyl halides is 1. The Bertz CT molecular complexity index is 984. The van der Waals surface area contributed by atoms with Crippen molar-refractivity contribution in [2.45, 2.75) is 40.9 Å². The maximum atomic E-state index is 13.0. The number of halogens is 1. The Kier molecular flexibility index (Phi) is 5.60. The minimum absolute atomic E-state index is 0.446. The molecule has 128 valence electrons. The molecule has 0 aliphatic carbocycles. The molecule has 0 saturated heterocycles. The van der Waals surface area contributed by atoms with Gasteiger partial charge in [-0.3, -0.25) is 0 Å². The van der Waals surface area contributed by atoms with Crippen molar-refractivity contribution in [2.24, 2.45) is 0 Å². The second kappa shape index (κ2) is 7.71. The summed E-state index contributed by atoms with van der Waals surface area (Å²) in [6.07, 6.45) is 1.82. The van der Waals surface area contributed by atoms with Crippen LogP contribution in [-0.4, -0.2) is 4.21 Å². The lowest BCUT2D eigenvalue weighted by Crippen LogP contribution is -1.94. The summed E-state index contributed by atoms with van der Waals surface area (Å²) < 4.78 is 19.8. The summed E-state index contributed by atoms with van der Waals surface area (Å²) >= 11 is 2.31. The molecular formula is C20H18INO2S. The third-order valence-corrected chi connectivity index (χ3v) is 6.26. The predicted molar refractivity (Wildman–Crippen MR) is 109 cm³/mol. The molecule has 0 N–H and O–H groups in total. The SMILES string of the molecule is CCCc1oc2c(C#N)cc(S(=O)c3ccc(C)cc3)cc2c1CI. The van der Waals surface area contributed by atoms with Crippen molar-refractivity contribution in [3.05, 3.63) is 58.8 Å². The Balaban J connectivity index is 2.18. The average Bonchev–Trinajstić information content (AvgIpc) is 2.98. The van der Waals surface area contributed by atoms with Crippen molar-refractivity contribution in [2.75, 3.05) is 0 Å². The lowest BCUT2D eigenvalue weighted by atomic mass is 10.1. The molecule has 0 aliphatic rings. The first kappa shape index (κ1) is 18.2. The van der Waals surface area contributed by atoms with Crippen LogP contribution < -0.4 is 0 Å². The Labute approximate surface area is 163 Å². The van der Waals surface area contributed by atoms with E-state index in [-0.39, 0.29) is 0 Å². The Morgan fingerprint density at radius 3 is 2.52 bits per heavy atom. The summed E-state index contributed by atoms with van der Waals surface area (Å²) in [6, 6.07) is 13.5. The van der Waals surface area contributed by atoms with Gasteiger partial charge in [-0.25, -0.2) is 4.21 Å². The molecule has 0 radical (unpaired) electrons. The zero-order valence-electron chi connectivity index (χ0n) is 14.1. The standard InChI is InChI=1S/C20H18INO2S/c1-3-4-19-18(11-21)17-10-16(9-14(12-22)20(17)24-19)25(23)15-7-5-13(2)6-8-15/h5-10H,3-4,11H2,1-2H3. The van der Waals surface area contributed by atoms with Gasteiger partial charge in [-0.15, -0.1) is 0 Å². The summed E-state index contributed by atoms with van der Waals surface area (Å²) in [5.41, 5.74) is 3.29. The second-order valence-electron chi connectivity index (χ2n) is 5.93. The van der Waals surface area contributed by atoms with Crippen LogP contribution in [0.5, 0.6) is 0 Å². The number of rotatable bonds is 5. The van der Waals surface area contributed by atoms with Crippen molar-refractivity contribution >= 4 is 44.4 Å². The molecule has 0 saturated carbocycles. The van der Waals surface area contributed by atoms with Gasteiger partial charge in [0, 0.05) is 31.6 Å². The number of fused-ring (bicyclic) bond motifs is 1. The zero-order valence-corrected chi connectivity index (χ0v) is 17.1. The van der Waals surface area contributed by atoms with Crippen LogP contribution in [0.1, 0.15) is 35.8 Å². The molecule has 0 fully saturated rings. The van der Waals surface area contributed by atoms with Crippen molar-refractivity contribution < 1.29 is 8.63 Å². The van der Waals surface area contributed by atoms with Crippen LogP contribution in [0.15, 0.2) is 50.6 Å². The van der Waals surface area contributed by atoms with Crippen LogP contribution in [0.4, 0.5) is 0 Å². The molecule has 0 aliphatic heterocycles. The maximum absolute atomic E-state index is 13.0. The van der Waals surface area contributed by atoms with E-state index in [9.17, 15) is 9.47 Å². The van der Waals surface area contributed by atoms with E-state index < -0.39 is 10.8 Å². The predicted octanol–water partition coefficient (Wildman–Crippen LogP) is 5.67. The summed E-state index contributed by atoms with van der Waals surface area (Å²) in [6.45, 7) is 4.10. The van der Waals surface area contributed by atoms with Gasteiger partial charge in [-0.1, -0.05) is 47.2 Å². The van der Waals surface area contributed by atoms with E-state index in [1.165, 1.54) is 0 Å². The van der Waals surface area contributed by atoms with Gasteiger partial charge in [0.15, 0.2) is 5.58 Å². The highest BCUT2D eigenvalue weighted by atomic mass is 127. The Morgan fingerprint density at radius 1 is 1.20 bits per heavy atom. The highest BCUT2D eigenvalue weighted by Gasteiger charge is 2.19. The van der Waals surface area contributed by atoms with E-state index in [2.05, 4.69) is 35.6 Å². The Hall–Kier alpha value is -1.65. The minimum atomic E-state index is -1.32. The van der Waals surface area contributed by atoms with E-state index in [4.69, 9.17) is 4.42 Å². The summed E-state index contributed by atoms with van der Waals surface area (Å²) in [7, 11) is -1.32. The number of aryl methyl sites for hydroxylation is 2. The smallest absolute Gasteiger partial charge is 0.152 e. The molecule has 1 unspecified atom stereocenters. The number of hydrogen-bond acceptors (Lipinski definition) is 3. The van der Waals surface area contributed by atoms with Crippen LogP contribution in [0.3, 0.4) is 0 Å². The van der Waals surface area contributed by atoms with Crippen LogP contribution in [-0.2, 0) is 21.6 Å². The summed E-state index contributed by atoms with van der Waals surface area (Å²) in [5, 5.41) is 10.5. The number of nitrogens with zero attached hydrogens (tertiary/aromatic N) is 1. The van der Waals surface area contributed by atoms with Gasteiger partial charge in [0.05, 0.1) is 16.4 Å². The lowest BCUT2D eigenvalue weighted by molar-refractivity contribution is 0.540. The molecule has 0 amide bonds. The topological polar surface area (TPSA) is 54.0 Å². The second-order valence-corrected chi connectivity index (χ2v) is 8.17. The Morgan fingerprint density at radius 2 is 1.92 bits per heavy atom. The number of hydrogen-bond donors (Lipinski definition) is 0. The van der Waals surface area contributed by atoms with Crippen LogP contribution in [0.25, 0.3) is 11.0 Å². The van der Waals surface area contributed by atoms with Crippen LogP contribution in [0.2, 0.25) is 0 Å². The third kappa shape index (κ3) is 3.51. The average molecular weight is 463 g/mol. The quantitative estimate of drug-likeness (QED) is 0.362. The first-order valence-electron chi connectivity index (χ1n) is 8.11. The van der Waals surface area contributed by atoms with Crippen molar-refractivity contribution in [3.63, 3.8) is 0 Å². The third-order valence-electron chi connectivity index (χ3n) is 4.13. The number of nitriles is 1. The molecule has 25 heavy (non-hydrogen) atoms. The zero-order chi connectivity index (χ0) is 18.0. The largest absolute Gasteiger partial charge is 0.459 e. The monoisotopic (exact) mass is 463 g/mol. The molecule has 0 bridgehead atoms. The fourth-order valence-corrected chi connectivity index (χ4v) is 4.78. The maximum Gasteiger partial charge on any atom is 0.152 e. The van der Waals surface area contributed by atoms with E-state index in [0.29, 0.717) is 16.0 Å². The molecule has 3 nitrogen and oxygen atoms in total. The van der Waals surface area contributed by atoms with Gasteiger partial charge in [0.2, 0.25) is 0 Å². The molecule has 0 spiro atoms. The van der Waals surface area contributed by atoms with Gasteiger partial charge in [-0.05, 0) is 37.6 Å². The van der Waals surface area contributed by atoms with Crippen LogP contribution in [0, 0.1) is 18.3 Å². The minimum Gasteiger partial charge on any atom is -0.459 e. The summed E-state index contributed by atoms with van der Waals surface area (Å²) in [4.78, 5) is 1.38. The van der Waals surface area contributed by atoms with Crippen LogP contribution >= 0.6 is 22.6 Å². The first-order valence-corrected chi connectivity index (χ1v) is 10.8. The normalized spacial score (nSPS) is 12.2. The molecule has 3 rings (SSSR count). The van der Waals surface area contributed by atoms with E-state index in [1.807, 2.05) is 37.3 Å². The first-order chi connectivity index (χ1) is 12.1. The number of furan rings is 1. The molecule has 1 aromatic heterocycles.